The van der Waals surface area contributed by atoms with E-state index in [-0.39, 0.29) is 17.7 Å². The molecule has 0 N–H and O–H groups in total. The van der Waals surface area contributed by atoms with E-state index in [1.807, 2.05) is 30.3 Å². The topological polar surface area (TPSA) is 59.2 Å². The summed E-state index contributed by atoms with van der Waals surface area (Å²) in [7, 11) is 1.65. The zero-order valence-electron chi connectivity index (χ0n) is 11.7. The summed E-state index contributed by atoms with van der Waals surface area (Å²) in [5.41, 5.74) is 1.41. The van der Waals surface area contributed by atoms with Crippen LogP contribution >= 0.6 is 11.6 Å². The van der Waals surface area contributed by atoms with Crippen LogP contribution in [0.1, 0.15) is 10.7 Å². The van der Waals surface area contributed by atoms with Crippen molar-refractivity contribution in [1.29, 1.82) is 0 Å². The molecular formula is C16H12ClN3O2. The van der Waals surface area contributed by atoms with Crippen molar-refractivity contribution in [2.45, 2.75) is 0 Å². The first-order valence-electron chi connectivity index (χ1n) is 6.58. The zero-order valence-corrected chi connectivity index (χ0v) is 12.5. The van der Waals surface area contributed by atoms with Gasteiger partial charge >= 0.3 is 11.8 Å². The molecule has 0 aliphatic heterocycles. The quantitative estimate of drug-likeness (QED) is 0.740. The molecule has 0 atom stereocenters. The molecule has 0 unspecified atom stereocenters. The highest BCUT2D eigenvalue weighted by Crippen LogP contribution is 2.22. The van der Waals surface area contributed by atoms with E-state index in [9.17, 15) is 4.79 Å². The Morgan fingerprint density at radius 2 is 1.86 bits per heavy atom. The lowest BCUT2D eigenvalue weighted by Gasteiger charge is -2.14. The van der Waals surface area contributed by atoms with Gasteiger partial charge in [0.15, 0.2) is 0 Å². The van der Waals surface area contributed by atoms with Gasteiger partial charge in [-0.1, -0.05) is 35.9 Å². The Hall–Kier alpha value is -2.66. The SMILES string of the molecule is CN(C(=O)c1nnc(-c2cccc(Cl)c2)o1)c1ccccc1. The number of nitrogens with zero attached hydrogens (tertiary/aromatic N) is 3. The molecule has 2 aromatic carbocycles. The minimum absolute atomic E-state index is 0.0682. The van der Waals surface area contributed by atoms with Crippen LogP contribution in [0.5, 0.6) is 0 Å². The highest BCUT2D eigenvalue weighted by molar-refractivity contribution is 6.30. The summed E-state index contributed by atoms with van der Waals surface area (Å²) in [6.07, 6.45) is 0. The van der Waals surface area contributed by atoms with E-state index < -0.39 is 0 Å². The molecule has 0 saturated heterocycles. The number of rotatable bonds is 3. The van der Waals surface area contributed by atoms with Crippen LogP contribution < -0.4 is 4.90 Å². The molecule has 1 heterocycles. The van der Waals surface area contributed by atoms with E-state index in [0.29, 0.717) is 10.6 Å². The maximum Gasteiger partial charge on any atom is 0.315 e. The number of carbonyl (C=O) groups excluding carboxylic acids is 1. The van der Waals surface area contributed by atoms with Gasteiger partial charge in [0.05, 0.1) is 0 Å². The number of anilines is 1. The molecule has 0 aliphatic carbocycles. The summed E-state index contributed by atoms with van der Waals surface area (Å²) in [6, 6.07) is 16.2. The highest BCUT2D eigenvalue weighted by atomic mass is 35.5. The van der Waals surface area contributed by atoms with Crippen molar-refractivity contribution in [3.8, 4) is 11.5 Å². The van der Waals surface area contributed by atoms with Gasteiger partial charge in [-0.2, -0.15) is 0 Å². The number of carbonyl (C=O) groups is 1. The van der Waals surface area contributed by atoms with Crippen molar-refractivity contribution in [2.75, 3.05) is 11.9 Å². The van der Waals surface area contributed by atoms with Gasteiger partial charge in [-0.15, -0.1) is 10.2 Å². The minimum Gasteiger partial charge on any atom is -0.412 e. The molecule has 0 bridgehead atoms. The summed E-state index contributed by atoms with van der Waals surface area (Å²) in [4.78, 5) is 13.8. The van der Waals surface area contributed by atoms with Gasteiger partial charge in [0.1, 0.15) is 0 Å². The third-order valence-electron chi connectivity index (χ3n) is 3.13. The number of amides is 1. The Morgan fingerprint density at radius 3 is 2.59 bits per heavy atom. The Kier molecular flexibility index (Phi) is 3.89. The molecule has 1 amide bonds. The van der Waals surface area contributed by atoms with E-state index in [1.54, 1.807) is 31.3 Å². The third-order valence-corrected chi connectivity index (χ3v) is 3.36. The second-order valence-corrected chi connectivity index (χ2v) is 5.06. The summed E-state index contributed by atoms with van der Waals surface area (Å²) < 4.78 is 5.46. The minimum atomic E-state index is -0.369. The average molecular weight is 314 g/mol. The maximum absolute atomic E-state index is 12.4. The van der Waals surface area contributed by atoms with Crippen LogP contribution in [0.15, 0.2) is 59.0 Å². The van der Waals surface area contributed by atoms with E-state index in [2.05, 4.69) is 10.2 Å². The lowest BCUT2D eigenvalue weighted by molar-refractivity contribution is 0.0960. The monoisotopic (exact) mass is 313 g/mol. The maximum atomic E-state index is 12.4. The second-order valence-electron chi connectivity index (χ2n) is 4.62. The molecule has 0 fully saturated rings. The van der Waals surface area contributed by atoms with Crippen LogP contribution in [0.3, 0.4) is 0 Å². The van der Waals surface area contributed by atoms with Crippen molar-refractivity contribution in [3.05, 3.63) is 65.5 Å². The fraction of sp³-hybridized carbons (Fsp3) is 0.0625. The number of hydrogen-bond donors (Lipinski definition) is 0. The van der Waals surface area contributed by atoms with Crippen molar-refractivity contribution in [1.82, 2.24) is 10.2 Å². The van der Waals surface area contributed by atoms with Crippen LogP contribution in [0.4, 0.5) is 5.69 Å². The Bertz CT molecular complexity index is 802. The standard InChI is InChI=1S/C16H12ClN3O2/c1-20(13-8-3-2-4-9-13)16(21)15-19-18-14(22-15)11-6-5-7-12(17)10-11/h2-10H,1H3. The molecule has 3 rings (SSSR count). The molecule has 110 valence electrons. The van der Waals surface area contributed by atoms with Crippen LogP contribution in [0, 0.1) is 0 Å². The first-order chi connectivity index (χ1) is 10.6. The number of benzene rings is 2. The van der Waals surface area contributed by atoms with Crippen molar-refractivity contribution in [2.24, 2.45) is 0 Å². The van der Waals surface area contributed by atoms with Crippen LogP contribution in [0.25, 0.3) is 11.5 Å². The number of aromatic nitrogens is 2. The summed E-state index contributed by atoms with van der Waals surface area (Å²) in [5, 5.41) is 8.28. The van der Waals surface area contributed by atoms with Crippen LogP contribution in [-0.4, -0.2) is 23.2 Å². The molecular weight excluding hydrogens is 302 g/mol. The number of para-hydroxylation sites is 1. The Morgan fingerprint density at radius 1 is 1.09 bits per heavy atom. The van der Waals surface area contributed by atoms with Gasteiger partial charge in [-0.3, -0.25) is 4.79 Å². The molecule has 5 nitrogen and oxygen atoms in total. The fourth-order valence-corrected chi connectivity index (χ4v) is 2.15. The molecule has 3 aromatic rings. The summed E-state index contributed by atoms with van der Waals surface area (Å²) >= 11 is 5.93. The molecule has 1 aromatic heterocycles. The largest absolute Gasteiger partial charge is 0.412 e. The van der Waals surface area contributed by atoms with E-state index >= 15 is 0 Å². The third kappa shape index (κ3) is 2.84. The van der Waals surface area contributed by atoms with Crippen molar-refractivity contribution >= 4 is 23.2 Å². The first-order valence-corrected chi connectivity index (χ1v) is 6.95. The van der Waals surface area contributed by atoms with Gasteiger partial charge < -0.3 is 9.32 Å². The predicted octanol–water partition coefficient (Wildman–Crippen LogP) is 3.67. The normalized spacial score (nSPS) is 10.5. The average Bonchev–Trinajstić information content (AvgIpc) is 3.04. The van der Waals surface area contributed by atoms with Gasteiger partial charge in [-0.05, 0) is 30.3 Å². The fourth-order valence-electron chi connectivity index (χ4n) is 1.96. The summed E-state index contributed by atoms with van der Waals surface area (Å²) in [5.74, 6) is -0.180. The highest BCUT2D eigenvalue weighted by Gasteiger charge is 2.20. The lowest BCUT2D eigenvalue weighted by atomic mass is 10.2. The van der Waals surface area contributed by atoms with Gasteiger partial charge in [-0.25, -0.2) is 0 Å². The molecule has 6 heteroatoms. The van der Waals surface area contributed by atoms with Gasteiger partial charge in [0.2, 0.25) is 5.89 Å². The molecule has 0 aliphatic rings. The predicted molar refractivity (Wildman–Crippen MR) is 83.9 cm³/mol. The number of hydrogen-bond acceptors (Lipinski definition) is 4. The lowest BCUT2D eigenvalue weighted by Crippen LogP contribution is -2.26. The van der Waals surface area contributed by atoms with E-state index in [0.717, 1.165) is 5.69 Å². The Labute approximate surface area is 132 Å². The molecule has 22 heavy (non-hydrogen) atoms. The molecule has 0 saturated carbocycles. The second kappa shape index (κ2) is 5.99. The molecule has 0 spiro atoms. The van der Waals surface area contributed by atoms with Crippen molar-refractivity contribution in [3.63, 3.8) is 0 Å². The summed E-state index contributed by atoms with van der Waals surface area (Å²) in [6.45, 7) is 0. The smallest absolute Gasteiger partial charge is 0.315 e. The Balaban J connectivity index is 1.86. The molecule has 0 radical (unpaired) electrons. The zero-order chi connectivity index (χ0) is 15.5. The van der Waals surface area contributed by atoms with Crippen molar-refractivity contribution < 1.29 is 9.21 Å². The van der Waals surface area contributed by atoms with Crippen LogP contribution in [0.2, 0.25) is 5.02 Å². The van der Waals surface area contributed by atoms with Gasteiger partial charge in [0.25, 0.3) is 0 Å². The number of halogens is 1. The first kappa shape index (κ1) is 14.3. The van der Waals surface area contributed by atoms with E-state index in [4.69, 9.17) is 16.0 Å². The van der Waals surface area contributed by atoms with E-state index in [1.165, 1.54) is 4.90 Å². The van der Waals surface area contributed by atoms with Gasteiger partial charge in [0, 0.05) is 23.3 Å². The van der Waals surface area contributed by atoms with Crippen LogP contribution in [-0.2, 0) is 0 Å².